The van der Waals surface area contributed by atoms with E-state index in [1.54, 1.807) is 0 Å². The molecule has 0 radical (unpaired) electrons. The van der Waals surface area contributed by atoms with E-state index >= 15 is 0 Å². The number of nitrogens with one attached hydrogen (secondary N) is 1. The normalized spacial score (nSPS) is 14.0. The Hall–Kier alpha value is -2.69. The molecule has 5 nitrogen and oxygen atoms in total. The molecule has 3 aromatic rings. The van der Waals surface area contributed by atoms with E-state index in [2.05, 4.69) is 44.3 Å². The molecule has 0 bridgehead atoms. The van der Waals surface area contributed by atoms with E-state index in [4.69, 9.17) is 0 Å². The molecule has 1 amide bonds. The lowest BCUT2D eigenvalue weighted by Crippen LogP contribution is -2.28. The van der Waals surface area contributed by atoms with E-state index in [1.807, 2.05) is 18.2 Å². The van der Waals surface area contributed by atoms with Gasteiger partial charge in [-0.3, -0.25) is 4.79 Å². The predicted molar refractivity (Wildman–Crippen MR) is 102 cm³/mol. The highest BCUT2D eigenvalue weighted by Gasteiger charge is 2.14. The Morgan fingerprint density at radius 2 is 1.92 bits per heavy atom. The largest absolute Gasteiger partial charge is 0.355 e. The lowest BCUT2D eigenvalue weighted by molar-refractivity contribution is -0.120. The Kier molecular flexibility index (Phi) is 4.95. The van der Waals surface area contributed by atoms with Crippen LogP contribution in [0.15, 0.2) is 42.5 Å². The fourth-order valence-electron chi connectivity index (χ4n) is 3.64. The number of nitrogens with zero attached hydrogens (tertiary/aromatic N) is 3. The van der Waals surface area contributed by atoms with E-state index in [-0.39, 0.29) is 5.91 Å². The lowest BCUT2D eigenvalue weighted by Gasteiger charge is -2.08. The van der Waals surface area contributed by atoms with Crippen LogP contribution < -0.4 is 5.32 Å². The molecule has 0 aliphatic carbocycles. The van der Waals surface area contributed by atoms with Crippen molar-refractivity contribution >= 4 is 16.7 Å². The van der Waals surface area contributed by atoms with Crippen molar-refractivity contribution in [2.24, 2.45) is 0 Å². The van der Waals surface area contributed by atoms with Crippen LogP contribution in [0.2, 0.25) is 0 Å². The molecule has 1 aliphatic rings. The third kappa shape index (κ3) is 3.77. The molecule has 0 atom stereocenters. The quantitative estimate of drug-likeness (QED) is 0.771. The van der Waals surface area contributed by atoms with E-state index in [0.29, 0.717) is 13.0 Å². The Morgan fingerprint density at radius 3 is 2.85 bits per heavy atom. The van der Waals surface area contributed by atoms with E-state index in [0.717, 1.165) is 36.6 Å². The first-order valence-corrected chi connectivity index (χ1v) is 9.45. The smallest absolute Gasteiger partial charge is 0.224 e. The molecule has 134 valence electrons. The molecule has 26 heavy (non-hydrogen) atoms. The monoisotopic (exact) mass is 348 g/mol. The van der Waals surface area contributed by atoms with E-state index in [1.165, 1.54) is 30.0 Å². The summed E-state index contributed by atoms with van der Waals surface area (Å²) in [7, 11) is 0. The summed E-state index contributed by atoms with van der Waals surface area (Å²) in [5.74, 6) is 2.14. The molecule has 0 saturated heterocycles. The van der Waals surface area contributed by atoms with Crippen LogP contribution in [0, 0.1) is 0 Å². The molecule has 0 unspecified atom stereocenters. The van der Waals surface area contributed by atoms with Crippen LogP contribution in [-0.2, 0) is 30.6 Å². The van der Waals surface area contributed by atoms with Crippen molar-refractivity contribution in [2.75, 3.05) is 6.54 Å². The highest BCUT2D eigenvalue weighted by molar-refractivity contribution is 5.85. The molecule has 1 N–H and O–H groups in total. The number of hydrogen-bond acceptors (Lipinski definition) is 3. The van der Waals surface area contributed by atoms with Gasteiger partial charge in [0.05, 0.1) is 6.42 Å². The molecule has 0 fully saturated rings. The average Bonchev–Trinajstić information content (AvgIpc) is 2.88. The predicted octanol–water partition coefficient (Wildman–Crippen LogP) is 3.06. The van der Waals surface area contributed by atoms with Gasteiger partial charge in [-0.15, -0.1) is 10.2 Å². The van der Waals surface area contributed by atoms with Gasteiger partial charge in [-0.1, -0.05) is 48.9 Å². The first kappa shape index (κ1) is 16.8. The molecule has 0 spiro atoms. The zero-order valence-corrected chi connectivity index (χ0v) is 14.9. The number of amides is 1. The van der Waals surface area contributed by atoms with Crippen molar-refractivity contribution in [3.63, 3.8) is 0 Å². The van der Waals surface area contributed by atoms with E-state index in [9.17, 15) is 4.79 Å². The van der Waals surface area contributed by atoms with Crippen LogP contribution in [-0.4, -0.2) is 27.2 Å². The van der Waals surface area contributed by atoms with Crippen LogP contribution in [0.25, 0.3) is 10.8 Å². The summed E-state index contributed by atoms with van der Waals surface area (Å²) in [5, 5.41) is 14.0. The van der Waals surface area contributed by atoms with Gasteiger partial charge in [0.15, 0.2) is 0 Å². The summed E-state index contributed by atoms with van der Waals surface area (Å²) >= 11 is 0. The van der Waals surface area contributed by atoms with Crippen molar-refractivity contribution in [1.29, 1.82) is 0 Å². The minimum atomic E-state index is 0.0517. The van der Waals surface area contributed by atoms with Crippen LogP contribution in [0.5, 0.6) is 0 Å². The van der Waals surface area contributed by atoms with Gasteiger partial charge in [0.25, 0.3) is 0 Å². The molecule has 1 aliphatic heterocycles. The number of benzene rings is 2. The molecule has 2 aromatic carbocycles. The first-order valence-electron chi connectivity index (χ1n) is 9.45. The van der Waals surface area contributed by atoms with Crippen molar-refractivity contribution in [2.45, 2.75) is 45.1 Å². The third-order valence-corrected chi connectivity index (χ3v) is 5.04. The SMILES string of the molecule is O=C(Cc1ccc2ccccc2c1)NCCc1nnc2n1CCCCC2. The van der Waals surface area contributed by atoms with Gasteiger partial charge in [-0.25, -0.2) is 0 Å². The summed E-state index contributed by atoms with van der Waals surface area (Å²) in [6.45, 7) is 1.60. The second kappa shape index (κ2) is 7.68. The number of carbonyl (C=O) groups excluding carboxylic acids is 1. The Labute approximate surface area is 153 Å². The van der Waals surface area contributed by atoms with Crippen LogP contribution >= 0.6 is 0 Å². The van der Waals surface area contributed by atoms with Gasteiger partial charge in [0.1, 0.15) is 11.6 Å². The molecule has 1 aromatic heterocycles. The zero-order valence-electron chi connectivity index (χ0n) is 14.9. The minimum absolute atomic E-state index is 0.0517. The first-order chi connectivity index (χ1) is 12.8. The van der Waals surface area contributed by atoms with Gasteiger partial charge in [-0.05, 0) is 29.2 Å². The average molecular weight is 348 g/mol. The Balaban J connectivity index is 1.32. The maximum Gasteiger partial charge on any atom is 0.224 e. The van der Waals surface area contributed by atoms with Crippen molar-refractivity contribution in [1.82, 2.24) is 20.1 Å². The van der Waals surface area contributed by atoms with Gasteiger partial charge in [0.2, 0.25) is 5.91 Å². The fourth-order valence-corrected chi connectivity index (χ4v) is 3.64. The maximum absolute atomic E-state index is 12.3. The number of carbonyl (C=O) groups is 1. The fraction of sp³-hybridized carbons (Fsp3) is 0.381. The van der Waals surface area contributed by atoms with Crippen molar-refractivity contribution in [3.8, 4) is 0 Å². The number of aromatic nitrogens is 3. The number of rotatable bonds is 5. The number of aryl methyl sites for hydroxylation is 1. The summed E-state index contributed by atoms with van der Waals surface area (Å²) in [6.07, 6.45) is 5.79. The molecular formula is C21H24N4O. The van der Waals surface area contributed by atoms with Gasteiger partial charge >= 0.3 is 0 Å². The Bertz CT molecular complexity index is 915. The second-order valence-corrected chi connectivity index (χ2v) is 6.95. The minimum Gasteiger partial charge on any atom is -0.355 e. The van der Waals surface area contributed by atoms with E-state index < -0.39 is 0 Å². The summed E-state index contributed by atoms with van der Waals surface area (Å²) in [4.78, 5) is 12.3. The molecule has 4 rings (SSSR count). The van der Waals surface area contributed by atoms with Crippen molar-refractivity contribution < 1.29 is 4.79 Å². The maximum atomic E-state index is 12.3. The van der Waals surface area contributed by atoms with Gasteiger partial charge in [0, 0.05) is 25.9 Å². The lowest BCUT2D eigenvalue weighted by atomic mass is 10.0. The summed E-state index contributed by atoms with van der Waals surface area (Å²) in [5.41, 5.74) is 1.04. The molecule has 5 heteroatoms. The molecule has 2 heterocycles. The zero-order chi connectivity index (χ0) is 17.8. The Morgan fingerprint density at radius 1 is 1.04 bits per heavy atom. The highest BCUT2D eigenvalue weighted by atomic mass is 16.1. The number of hydrogen-bond donors (Lipinski definition) is 1. The highest BCUT2D eigenvalue weighted by Crippen LogP contribution is 2.16. The van der Waals surface area contributed by atoms with Crippen molar-refractivity contribution in [3.05, 3.63) is 59.7 Å². The second-order valence-electron chi connectivity index (χ2n) is 6.95. The summed E-state index contributed by atoms with van der Waals surface area (Å²) in [6, 6.07) is 14.4. The molecular weight excluding hydrogens is 324 g/mol. The van der Waals surface area contributed by atoms with Crippen LogP contribution in [0.3, 0.4) is 0 Å². The topological polar surface area (TPSA) is 59.8 Å². The van der Waals surface area contributed by atoms with Gasteiger partial charge < -0.3 is 9.88 Å². The summed E-state index contributed by atoms with van der Waals surface area (Å²) < 4.78 is 2.24. The number of fused-ring (bicyclic) bond motifs is 2. The standard InChI is InChI=1S/C21H24N4O/c26-21(15-16-9-10-17-6-3-4-7-18(17)14-16)22-12-11-20-24-23-19-8-2-1-5-13-25(19)20/h3-4,6-7,9-10,14H,1-2,5,8,11-13,15H2,(H,22,26). The van der Waals surface area contributed by atoms with Crippen LogP contribution in [0.1, 0.15) is 36.5 Å². The van der Waals surface area contributed by atoms with Gasteiger partial charge in [-0.2, -0.15) is 0 Å². The third-order valence-electron chi connectivity index (χ3n) is 5.04. The molecule has 0 saturated carbocycles. The van der Waals surface area contributed by atoms with Crippen LogP contribution in [0.4, 0.5) is 0 Å².